The second-order valence-electron chi connectivity index (χ2n) is 7.97. The summed E-state index contributed by atoms with van der Waals surface area (Å²) in [6, 6.07) is 9.56. The number of rotatable bonds is 5. The first-order valence-corrected chi connectivity index (χ1v) is 10.8. The summed E-state index contributed by atoms with van der Waals surface area (Å²) in [6.45, 7) is 3.85. The minimum atomic E-state index is -0.459. The van der Waals surface area contributed by atoms with Crippen molar-refractivity contribution in [2.45, 2.75) is 38.1 Å². The number of nitro benzene ring substituents is 1. The van der Waals surface area contributed by atoms with Crippen LogP contribution in [0.4, 0.5) is 16.3 Å². The van der Waals surface area contributed by atoms with E-state index in [1.807, 2.05) is 4.90 Å². The van der Waals surface area contributed by atoms with Crippen LogP contribution in [-0.2, 0) is 0 Å². The van der Waals surface area contributed by atoms with Gasteiger partial charge in [-0.2, -0.15) is 0 Å². The van der Waals surface area contributed by atoms with Crippen LogP contribution in [0, 0.1) is 10.1 Å². The van der Waals surface area contributed by atoms with E-state index in [9.17, 15) is 14.9 Å². The number of anilines is 1. The lowest BCUT2D eigenvalue weighted by Crippen LogP contribution is -2.49. The summed E-state index contributed by atoms with van der Waals surface area (Å²) in [6.07, 6.45) is 7.46. The van der Waals surface area contributed by atoms with Gasteiger partial charge in [-0.25, -0.2) is 9.78 Å². The summed E-state index contributed by atoms with van der Waals surface area (Å²) in [5, 5.41) is 13.6. The fourth-order valence-electron chi connectivity index (χ4n) is 4.22. The smallest absolute Gasteiger partial charge is 0.323 e. The van der Waals surface area contributed by atoms with Crippen LogP contribution < -0.4 is 10.1 Å². The zero-order valence-electron chi connectivity index (χ0n) is 17.4. The number of non-ortho nitro benzene ring substituents is 1. The lowest BCUT2D eigenvalue weighted by Gasteiger charge is -2.40. The summed E-state index contributed by atoms with van der Waals surface area (Å²) in [5.74, 6) is 1.36. The molecule has 0 saturated carbocycles. The number of hydrogen-bond acceptors (Lipinski definition) is 6. The number of benzene rings is 1. The van der Waals surface area contributed by atoms with Gasteiger partial charge in [0.1, 0.15) is 17.3 Å². The van der Waals surface area contributed by atoms with E-state index in [4.69, 9.17) is 4.74 Å². The number of hydrogen-bond donors (Lipinski definition) is 1. The second-order valence-corrected chi connectivity index (χ2v) is 7.97. The Morgan fingerprint density at radius 1 is 1.03 bits per heavy atom. The number of urea groups is 1. The summed E-state index contributed by atoms with van der Waals surface area (Å²) in [7, 11) is 0. The van der Waals surface area contributed by atoms with E-state index in [1.165, 1.54) is 56.6 Å². The fraction of sp³-hybridized carbons (Fsp3) is 0.455. The number of nitrogens with one attached hydrogen (secondary N) is 1. The van der Waals surface area contributed by atoms with Crippen molar-refractivity contribution in [3.8, 4) is 11.5 Å². The fourth-order valence-corrected chi connectivity index (χ4v) is 4.22. The molecule has 2 saturated heterocycles. The van der Waals surface area contributed by atoms with Crippen LogP contribution in [0.3, 0.4) is 0 Å². The predicted octanol–water partition coefficient (Wildman–Crippen LogP) is 4.26. The zero-order valence-corrected chi connectivity index (χ0v) is 17.4. The average molecular weight is 425 g/mol. The maximum atomic E-state index is 12.7. The number of ether oxygens (including phenoxy) is 1. The van der Waals surface area contributed by atoms with E-state index < -0.39 is 4.92 Å². The molecular weight excluding hydrogens is 398 g/mol. The lowest BCUT2D eigenvalue weighted by molar-refractivity contribution is -0.384. The van der Waals surface area contributed by atoms with E-state index in [0.717, 1.165) is 25.9 Å². The monoisotopic (exact) mass is 425 g/mol. The van der Waals surface area contributed by atoms with Gasteiger partial charge >= 0.3 is 6.03 Å². The van der Waals surface area contributed by atoms with Crippen LogP contribution in [0.15, 0.2) is 42.6 Å². The molecule has 0 unspecified atom stereocenters. The van der Waals surface area contributed by atoms with Gasteiger partial charge in [0.2, 0.25) is 0 Å². The third-order valence-corrected chi connectivity index (χ3v) is 5.91. The molecule has 2 amide bonds. The van der Waals surface area contributed by atoms with Crippen LogP contribution in [-0.4, -0.2) is 58.0 Å². The van der Waals surface area contributed by atoms with Gasteiger partial charge in [-0.05, 0) is 57.0 Å². The number of nitrogens with zero attached hydrogens (tertiary/aromatic N) is 4. The average Bonchev–Trinajstić information content (AvgIpc) is 2.80. The third kappa shape index (κ3) is 5.49. The molecule has 164 valence electrons. The molecule has 0 aliphatic carbocycles. The highest BCUT2D eigenvalue weighted by molar-refractivity contribution is 5.88. The zero-order chi connectivity index (χ0) is 21.6. The Bertz CT molecular complexity index is 906. The molecule has 31 heavy (non-hydrogen) atoms. The summed E-state index contributed by atoms with van der Waals surface area (Å²) in [4.78, 5) is 31.6. The Balaban J connectivity index is 1.30. The highest BCUT2D eigenvalue weighted by Crippen LogP contribution is 2.25. The normalized spacial score (nSPS) is 17.9. The minimum Gasteiger partial charge on any atom is -0.457 e. The summed E-state index contributed by atoms with van der Waals surface area (Å²) < 4.78 is 5.73. The molecule has 1 aromatic carbocycles. The molecule has 3 heterocycles. The maximum absolute atomic E-state index is 12.7. The van der Waals surface area contributed by atoms with Crippen LogP contribution in [0.25, 0.3) is 0 Å². The van der Waals surface area contributed by atoms with Gasteiger partial charge in [0.05, 0.1) is 4.92 Å². The molecule has 9 heteroatoms. The van der Waals surface area contributed by atoms with E-state index in [2.05, 4.69) is 15.2 Å². The Morgan fingerprint density at radius 3 is 2.42 bits per heavy atom. The highest BCUT2D eigenvalue weighted by Gasteiger charge is 2.27. The van der Waals surface area contributed by atoms with Crippen molar-refractivity contribution >= 4 is 17.5 Å². The van der Waals surface area contributed by atoms with Crippen molar-refractivity contribution in [1.29, 1.82) is 0 Å². The SMILES string of the molecule is O=C(Nc1cc(Oc2ccc([N+](=O)[O-])cc2)ccn1)N1CCC(N2CCCCC2)CC1. The molecule has 9 nitrogen and oxygen atoms in total. The minimum absolute atomic E-state index is 0.000844. The molecule has 0 bridgehead atoms. The molecule has 0 atom stereocenters. The molecule has 1 N–H and O–H groups in total. The van der Waals surface area contributed by atoms with Crippen molar-refractivity contribution < 1.29 is 14.5 Å². The van der Waals surface area contributed by atoms with E-state index in [0.29, 0.717) is 23.4 Å². The highest BCUT2D eigenvalue weighted by atomic mass is 16.6. The topological polar surface area (TPSA) is 101 Å². The van der Waals surface area contributed by atoms with E-state index in [1.54, 1.807) is 18.3 Å². The van der Waals surface area contributed by atoms with Crippen molar-refractivity contribution in [3.05, 3.63) is 52.7 Å². The second kappa shape index (κ2) is 9.74. The molecule has 0 radical (unpaired) electrons. The van der Waals surface area contributed by atoms with Crippen molar-refractivity contribution in [2.24, 2.45) is 0 Å². The first kappa shape index (κ1) is 21.0. The molecule has 2 fully saturated rings. The number of pyridine rings is 1. The van der Waals surface area contributed by atoms with Crippen molar-refractivity contribution in [3.63, 3.8) is 0 Å². The van der Waals surface area contributed by atoms with Gasteiger partial charge in [-0.3, -0.25) is 15.4 Å². The Morgan fingerprint density at radius 2 is 1.74 bits per heavy atom. The van der Waals surface area contributed by atoms with Crippen molar-refractivity contribution in [1.82, 2.24) is 14.8 Å². The van der Waals surface area contributed by atoms with Gasteiger partial charge in [-0.15, -0.1) is 0 Å². The number of carbonyl (C=O) groups excluding carboxylic acids is 1. The predicted molar refractivity (Wildman–Crippen MR) is 116 cm³/mol. The number of aromatic nitrogens is 1. The largest absolute Gasteiger partial charge is 0.457 e. The number of amides is 2. The number of likely N-dealkylation sites (tertiary alicyclic amines) is 2. The van der Waals surface area contributed by atoms with Gasteiger partial charge in [0.15, 0.2) is 0 Å². The van der Waals surface area contributed by atoms with Crippen LogP contribution in [0.1, 0.15) is 32.1 Å². The molecule has 2 aliphatic heterocycles. The number of piperidine rings is 2. The third-order valence-electron chi connectivity index (χ3n) is 5.91. The number of nitro groups is 1. The molecule has 0 spiro atoms. The Hall–Kier alpha value is -3.20. The standard InChI is InChI=1S/C22H27N5O4/c28-22(26-14-9-17(10-15-26)25-12-2-1-3-13-25)24-21-16-20(8-11-23-21)31-19-6-4-18(5-7-19)27(29)30/h4-8,11,16-17H,1-3,9-10,12-15H2,(H,23,24,28). The quantitative estimate of drug-likeness (QED) is 0.567. The first-order chi connectivity index (χ1) is 15.1. The Labute approximate surface area is 181 Å². The first-order valence-electron chi connectivity index (χ1n) is 10.8. The van der Waals surface area contributed by atoms with E-state index in [-0.39, 0.29) is 11.7 Å². The van der Waals surface area contributed by atoms with Crippen LogP contribution in [0.5, 0.6) is 11.5 Å². The molecule has 1 aromatic heterocycles. The molecular formula is C22H27N5O4. The van der Waals surface area contributed by atoms with Crippen molar-refractivity contribution in [2.75, 3.05) is 31.5 Å². The Kier molecular flexibility index (Phi) is 6.61. The molecule has 2 aromatic rings. The number of carbonyl (C=O) groups is 1. The molecule has 4 rings (SSSR count). The van der Waals surface area contributed by atoms with Gasteiger partial charge in [-0.1, -0.05) is 6.42 Å². The molecule has 2 aliphatic rings. The maximum Gasteiger partial charge on any atom is 0.323 e. The van der Waals surface area contributed by atoms with Gasteiger partial charge in [0, 0.05) is 43.5 Å². The van der Waals surface area contributed by atoms with Crippen LogP contribution in [0.2, 0.25) is 0 Å². The van der Waals surface area contributed by atoms with Gasteiger partial charge in [0.25, 0.3) is 5.69 Å². The lowest BCUT2D eigenvalue weighted by atomic mass is 10.0. The van der Waals surface area contributed by atoms with Crippen LogP contribution >= 0.6 is 0 Å². The summed E-state index contributed by atoms with van der Waals surface area (Å²) in [5.41, 5.74) is -0.000844. The van der Waals surface area contributed by atoms with E-state index >= 15 is 0 Å². The van der Waals surface area contributed by atoms with Gasteiger partial charge < -0.3 is 14.5 Å². The summed E-state index contributed by atoms with van der Waals surface area (Å²) >= 11 is 0.